The van der Waals surface area contributed by atoms with Gasteiger partial charge in [0.1, 0.15) is 13.4 Å². The molecule has 0 spiro atoms. The largest absolute Gasteiger partial charge is 0.375 e. The molecule has 0 aliphatic rings. The van der Waals surface area contributed by atoms with Crippen LogP contribution in [0.2, 0.25) is 12.6 Å². The summed E-state index contributed by atoms with van der Waals surface area (Å²) >= 11 is 0. The first-order valence-corrected chi connectivity index (χ1v) is 10.1. The Balaban J connectivity index is 2.84. The van der Waals surface area contributed by atoms with E-state index in [9.17, 15) is 5.26 Å². The molecule has 3 unspecified atom stereocenters. The van der Waals surface area contributed by atoms with E-state index in [-0.39, 0.29) is 45.2 Å². The molecule has 1 rings (SSSR count). The molecule has 7 nitrogen and oxygen atoms in total. The Bertz CT molecular complexity index is 749. The lowest BCUT2D eigenvalue weighted by Crippen LogP contribution is -2.37. The quantitative estimate of drug-likeness (QED) is 0.304. The van der Waals surface area contributed by atoms with Gasteiger partial charge in [-0.3, -0.25) is 0 Å². The maximum atomic E-state index is 9.18. The van der Waals surface area contributed by atoms with E-state index in [1.165, 1.54) is 0 Å². The third-order valence-corrected chi connectivity index (χ3v) is 4.44. The van der Waals surface area contributed by atoms with Crippen molar-refractivity contribution in [2.75, 3.05) is 19.8 Å². The highest BCUT2D eigenvalue weighted by atomic mass is 16.6. The first-order chi connectivity index (χ1) is 14.8. The molecule has 0 heterocycles. The van der Waals surface area contributed by atoms with Crippen LogP contribution in [0.5, 0.6) is 0 Å². The van der Waals surface area contributed by atoms with E-state index in [0.717, 1.165) is 19.2 Å². The Morgan fingerprint density at radius 2 is 1.40 bits per heavy atom. The molecule has 0 saturated heterocycles. The van der Waals surface area contributed by atoms with Crippen LogP contribution in [-0.4, -0.2) is 39.3 Å². The van der Waals surface area contributed by atoms with Gasteiger partial charge in [-0.2, -0.15) is 21.0 Å². The van der Waals surface area contributed by atoms with Gasteiger partial charge in [-0.05, 0) is 11.9 Å². The molecule has 30 heavy (non-hydrogen) atoms. The van der Waals surface area contributed by atoms with E-state index in [4.69, 9.17) is 30.0 Å². The van der Waals surface area contributed by atoms with Crippen molar-refractivity contribution in [3.05, 3.63) is 35.9 Å². The molecule has 0 aromatic heterocycles. The van der Waals surface area contributed by atoms with Gasteiger partial charge < -0.3 is 14.2 Å². The Labute approximate surface area is 179 Å². The van der Waals surface area contributed by atoms with Crippen LogP contribution < -0.4 is 0 Å². The molecule has 0 radical (unpaired) electrons. The van der Waals surface area contributed by atoms with Gasteiger partial charge >= 0.3 is 0 Å². The van der Waals surface area contributed by atoms with E-state index in [1.807, 2.05) is 30.3 Å². The van der Waals surface area contributed by atoms with Crippen molar-refractivity contribution in [1.82, 2.24) is 0 Å². The molecule has 1 aromatic rings. The Hall–Kier alpha value is -2.88. The summed E-state index contributed by atoms with van der Waals surface area (Å²) in [7, 11) is 0.781. The summed E-state index contributed by atoms with van der Waals surface area (Å²) in [5, 5.41) is 35.6. The van der Waals surface area contributed by atoms with Crippen LogP contribution in [0.1, 0.15) is 37.4 Å². The molecule has 0 fully saturated rings. The average molecular weight is 406 g/mol. The highest BCUT2D eigenvalue weighted by Crippen LogP contribution is 2.22. The maximum absolute atomic E-state index is 9.18. The van der Waals surface area contributed by atoms with Crippen molar-refractivity contribution >= 4 is 7.28 Å². The second-order valence-electron chi connectivity index (χ2n) is 6.63. The number of nitriles is 4. The smallest absolute Gasteiger partial charge is 0.125 e. The number of nitrogens with zero attached hydrogens (tertiary/aromatic N) is 4. The van der Waals surface area contributed by atoms with Crippen LogP contribution in [0.25, 0.3) is 0 Å². The lowest BCUT2D eigenvalue weighted by Gasteiger charge is -2.28. The number of rotatable bonds is 16. The first-order valence-electron chi connectivity index (χ1n) is 10.1. The standard InChI is InChI=1S/C22H27BN4O3/c24-11-4-10-23-17-21(28-15-5-12-25)22(29-16-6-13-26)18-30-20(9-14-27)19-7-2-1-3-8-19/h1-3,7-8,20-23H,4-6,9-10,15-18H2. The fraction of sp³-hybridized carbons (Fsp3) is 0.545. The molecular formula is C22H27BN4O3. The van der Waals surface area contributed by atoms with Gasteiger partial charge in [-0.1, -0.05) is 36.7 Å². The molecule has 0 saturated carbocycles. The van der Waals surface area contributed by atoms with Crippen LogP contribution in [0, 0.1) is 45.3 Å². The maximum Gasteiger partial charge on any atom is 0.125 e. The predicted molar refractivity (Wildman–Crippen MR) is 112 cm³/mol. The topological polar surface area (TPSA) is 123 Å². The predicted octanol–water partition coefficient (Wildman–Crippen LogP) is 3.44. The second-order valence-corrected chi connectivity index (χ2v) is 6.63. The fourth-order valence-electron chi connectivity index (χ4n) is 2.94. The van der Waals surface area contributed by atoms with Crippen molar-refractivity contribution in [2.45, 2.75) is 56.6 Å². The second kappa shape index (κ2) is 17.0. The zero-order valence-corrected chi connectivity index (χ0v) is 17.2. The summed E-state index contributed by atoms with van der Waals surface area (Å²) < 4.78 is 17.8. The monoisotopic (exact) mass is 406 g/mol. The minimum absolute atomic E-state index is 0.197. The molecule has 0 amide bonds. The molecule has 156 valence electrons. The summed E-state index contributed by atoms with van der Waals surface area (Å²) in [6.07, 6.45) is 1.44. The van der Waals surface area contributed by atoms with E-state index in [1.54, 1.807) is 0 Å². The van der Waals surface area contributed by atoms with Crippen molar-refractivity contribution < 1.29 is 14.2 Å². The zero-order valence-electron chi connectivity index (χ0n) is 17.2. The van der Waals surface area contributed by atoms with Gasteiger partial charge in [0, 0.05) is 6.42 Å². The minimum atomic E-state index is -0.441. The first kappa shape index (κ1) is 25.2. The summed E-state index contributed by atoms with van der Waals surface area (Å²) in [5.41, 5.74) is 0.908. The van der Waals surface area contributed by atoms with Crippen LogP contribution in [0.15, 0.2) is 30.3 Å². The SMILES string of the molecule is N#CCCBCC(OCCC#N)C(COC(CC#N)c1ccccc1)OCCC#N. The van der Waals surface area contributed by atoms with Crippen molar-refractivity contribution in [3.8, 4) is 24.3 Å². The highest BCUT2D eigenvalue weighted by molar-refractivity contribution is 6.35. The Kier molecular flexibility index (Phi) is 14.3. The normalized spacial score (nSPS) is 13.1. The van der Waals surface area contributed by atoms with Crippen LogP contribution in [-0.2, 0) is 14.2 Å². The molecule has 0 bridgehead atoms. The van der Waals surface area contributed by atoms with Gasteiger partial charge in [0.05, 0.1) is 75.6 Å². The molecule has 0 aliphatic heterocycles. The molecule has 0 N–H and O–H groups in total. The minimum Gasteiger partial charge on any atom is -0.375 e. The molecular weight excluding hydrogens is 379 g/mol. The van der Waals surface area contributed by atoms with Crippen molar-refractivity contribution in [3.63, 3.8) is 0 Å². The average Bonchev–Trinajstić information content (AvgIpc) is 2.77. The van der Waals surface area contributed by atoms with Crippen LogP contribution in [0.3, 0.4) is 0 Å². The van der Waals surface area contributed by atoms with Gasteiger partial charge in [-0.15, -0.1) is 0 Å². The Morgan fingerprint density at radius 3 is 2.00 bits per heavy atom. The Morgan fingerprint density at radius 1 is 0.767 bits per heavy atom. The van der Waals surface area contributed by atoms with Crippen molar-refractivity contribution in [2.24, 2.45) is 0 Å². The molecule has 8 heteroatoms. The summed E-state index contributed by atoms with van der Waals surface area (Å²) in [5.74, 6) is 0. The third-order valence-electron chi connectivity index (χ3n) is 4.44. The number of ether oxygens (including phenoxy) is 3. The third kappa shape index (κ3) is 10.6. The van der Waals surface area contributed by atoms with E-state index >= 15 is 0 Å². The van der Waals surface area contributed by atoms with Gasteiger partial charge in [-0.25, -0.2) is 0 Å². The lowest BCUT2D eigenvalue weighted by molar-refractivity contribution is -0.108. The van der Waals surface area contributed by atoms with E-state index in [0.29, 0.717) is 12.7 Å². The summed E-state index contributed by atoms with van der Waals surface area (Å²) in [4.78, 5) is 0. The zero-order chi connectivity index (χ0) is 21.9. The molecule has 0 aliphatic carbocycles. The van der Waals surface area contributed by atoms with Crippen molar-refractivity contribution in [1.29, 1.82) is 21.0 Å². The van der Waals surface area contributed by atoms with Crippen LogP contribution >= 0.6 is 0 Å². The molecule has 1 aromatic carbocycles. The number of benzene rings is 1. The number of hydrogen-bond acceptors (Lipinski definition) is 7. The highest BCUT2D eigenvalue weighted by Gasteiger charge is 2.25. The van der Waals surface area contributed by atoms with Gasteiger partial charge in [0.25, 0.3) is 0 Å². The van der Waals surface area contributed by atoms with Gasteiger partial charge in [0.2, 0.25) is 0 Å². The summed E-state index contributed by atoms with van der Waals surface area (Å²) in [6.45, 7) is 0.717. The van der Waals surface area contributed by atoms with Gasteiger partial charge in [0.15, 0.2) is 0 Å². The van der Waals surface area contributed by atoms with E-state index in [2.05, 4.69) is 24.3 Å². The number of hydrogen-bond donors (Lipinski definition) is 0. The fourth-order valence-corrected chi connectivity index (χ4v) is 2.94. The van der Waals surface area contributed by atoms with Crippen LogP contribution in [0.4, 0.5) is 0 Å². The summed E-state index contributed by atoms with van der Waals surface area (Å²) in [6, 6.07) is 17.9. The molecule has 3 atom stereocenters. The van der Waals surface area contributed by atoms with E-state index < -0.39 is 12.2 Å². The lowest BCUT2D eigenvalue weighted by atomic mass is 9.67.